The Morgan fingerprint density at radius 1 is 1.32 bits per heavy atom. The molecule has 5 nitrogen and oxygen atoms in total. The highest BCUT2D eigenvalue weighted by Crippen LogP contribution is 2.14. The zero-order valence-electron chi connectivity index (χ0n) is 10.3. The molecule has 0 aliphatic rings. The van der Waals surface area contributed by atoms with Crippen LogP contribution in [-0.4, -0.2) is 20.8 Å². The summed E-state index contributed by atoms with van der Waals surface area (Å²) in [6, 6.07) is 1.84. The van der Waals surface area contributed by atoms with Gasteiger partial charge in [0.05, 0.1) is 6.54 Å². The second kappa shape index (κ2) is 5.69. The number of aryl methyl sites for hydroxylation is 1. The molecule has 19 heavy (non-hydrogen) atoms. The molecule has 1 N–H and O–H groups in total. The first-order chi connectivity index (χ1) is 9.11. The molecule has 0 unspecified atom stereocenters. The molecule has 0 bridgehead atoms. The summed E-state index contributed by atoms with van der Waals surface area (Å²) in [6.07, 6.45) is 3.15. The minimum Gasteiger partial charge on any atom is -0.384 e. The number of hydrogen-bond donors (Lipinski definition) is 1. The van der Waals surface area contributed by atoms with Gasteiger partial charge in [0.2, 0.25) is 0 Å². The molecule has 2 heterocycles. The van der Waals surface area contributed by atoms with Crippen LogP contribution >= 0.6 is 11.3 Å². The molecule has 0 saturated carbocycles. The quantitative estimate of drug-likeness (QED) is 0.620. The average molecular weight is 276 g/mol. The highest BCUT2D eigenvalue weighted by atomic mass is 32.1. The molecule has 2 aromatic heterocycles. The summed E-state index contributed by atoms with van der Waals surface area (Å²) < 4.78 is 2.63. The van der Waals surface area contributed by atoms with Crippen LogP contribution in [0.3, 0.4) is 0 Å². The Labute approximate surface area is 113 Å². The monoisotopic (exact) mass is 276 g/mol. The van der Waals surface area contributed by atoms with E-state index in [1.54, 1.807) is 19.4 Å². The molecule has 0 aliphatic heterocycles. The van der Waals surface area contributed by atoms with Gasteiger partial charge in [-0.15, -0.1) is 11.3 Å². The maximum absolute atomic E-state index is 11.7. The van der Waals surface area contributed by atoms with Crippen molar-refractivity contribution in [3.8, 4) is 11.8 Å². The predicted octanol–water partition coefficient (Wildman–Crippen LogP) is 0.000600. The standard InChI is InChI=1S/C13H12N2O3S/c1-14-4-5-15(13(18)12(14)17)8-11-7-10(9-19-11)3-2-6-16/h4-5,7,9,16H,6,8H2,1H3. The Kier molecular flexibility index (Phi) is 4.00. The van der Waals surface area contributed by atoms with Crippen molar-refractivity contribution in [3.05, 3.63) is 55.0 Å². The van der Waals surface area contributed by atoms with Crippen molar-refractivity contribution in [3.63, 3.8) is 0 Å². The second-order valence-corrected chi connectivity index (χ2v) is 4.90. The van der Waals surface area contributed by atoms with Crippen LogP contribution in [0, 0.1) is 11.8 Å². The van der Waals surface area contributed by atoms with Gasteiger partial charge in [0.15, 0.2) is 0 Å². The van der Waals surface area contributed by atoms with Crippen LogP contribution in [0.15, 0.2) is 33.4 Å². The van der Waals surface area contributed by atoms with Gasteiger partial charge in [0.25, 0.3) is 0 Å². The van der Waals surface area contributed by atoms with Crippen molar-refractivity contribution in [1.82, 2.24) is 9.13 Å². The Bertz CT molecular complexity index is 758. The van der Waals surface area contributed by atoms with Crippen molar-refractivity contribution in [2.45, 2.75) is 6.54 Å². The van der Waals surface area contributed by atoms with E-state index in [0.717, 1.165) is 10.4 Å². The van der Waals surface area contributed by atoms with E-state index >= 15 is 0 Å². The lowest BCUT2D eigenvalue weighted by Crippen LogP contribution is -2.39. The number of thiophene rings is 1. The molecule has 0 radical (unpaired) electrons. The molecule has 0 atom stereocenters. The lowest BCUT2D eigenvalue weighted by molar-refractivity contribution is 0.350. The Hall–Kier alpha value is -2.10. The topological polar surface area (TPSA) is 64.2 Å². The van der Waals surface area contributed by atoms with Gasteiger partial charge < -0.3 is 14.2 Å². The summed E-state index contributed by atoms with van der Waals surface area (Å²) in [7, 11) is 1.54. The van der Waals surface area contributed by atoms with Crippen molar-refractivity contribution >= 4 is 11.3 Å². The molecule has 0 saturated heterocycles. The summed E-state index contributed by atoms with van der Waals surface area (Å²) in [6.45, 7) is 0.166. The number of aromatic nitrogens is 2. The second-order valence-electron chi connectivity index (χ2n) is 3.91. The van der Waals surface area contributed by atoms with E-state index in [-0.39, 0.29) is 6.61 Å². The molecule has 0 aromatic carbocycles. The van der Waals surface area contributed by atoms with Gasteiger partial charge in [-0.05, 0) is 6.07 Å². The highest BCUT2D eigenvalue weighted by molar-refractivity contribution is 7.10. The van der Waals surface area contributed by atoms with Crippen LogP contribution in [0.2, 0.25) is 0 Å². The van der Waals surface area contributed by atoms with Crippen molar-refractivity contribution in [2.24, 2.45) is 7.05 Å². The zero-order chi connectivity index (χ0) is 13.8. The molecular weight excluding hydrogens is 264 g/mol. The lowest BCUT2D eigenvalue weighted by atomic mass is 10.3. The van der Waals surface area contributed by atoms with Gasteiger partial charge in [0.1, 0.15) is 6.61 Å². The molecule has 98 valence electrons. The van der Waals surface area contributed by atoms with Crippen LogP contribution in [0.1, 0.15) is 10.4 Å². The number of aliphatic hydroxyl groups is 1. The maximum Gasteiger partial charge on any atom is 0.316 e. The molecule has 2 aromatic rings. The molecule has 0 fully saturated rings. The molecule has 0 amide bonds. The van der Waals surface area contributed by atoms with E-state index < -0.39 is 11.1 Å². The lowest BCUT2D eigenvalue weighted by Gasteiger charge is -2.03. The first-order valence-corrected chi connectivity index (χ1v) is 6.43. The van der Waals surface area contributed by atoms with Crippen molar-refractivity contribution in [2.75, 3.05) is 6.61 Å². The van der Waals surface area contributed by atoms with E-state index in [9.17, 15) is 9.59 Å². The average Bonchev–Trinajstić information content (AvgIpc) is 2.85. The van der Waals surface area contributed by atoms with Gasteiger partial charge in [-0.2, -0.15) is 0 Å². The van der Waals surface area contributed by atoms with Gasteiger partial charge in [-0.25, -0.2) is 0 Å². The third kappa shape index (κ3) is 3.02. The fourth-order valence-corrected chi connectivity index (χ4v) is 2.37. The fourth-order valence-electron chi connectivity index (χ4n) is 1.55. The largest absolute Gasteiger partial charge is 0.384 e. The van der Waals surface area contributed by atoms with Crippen LogP contribution in [0.5, 0.6) is 0 Å². The summed E-state index contributed by atoms with van der Waals surface area (Å²) in [5, 5.41) is 10.5. The van der Waals surface area contributed by atoms with Crippen LogP contribution in [0.4, 0.5) is 0 Å². The maximum atomic E-state index is 11.7. The van der Waals surface area contributed by atoms with Gasteiger partial charge >= 0.3 is 11.1 Å². The number of rotatable bonds is 2. The first-order valence-electron chi connectivity index (χ1n) is 5.55. The summed E-state index contributed by atoms with van der Waals surface area (Å²) in [4.78, 5) is 24.2. The van der Waals surface area contributed by atoms with E-state index in [0.29, 0.717) is 6.54 Å². The predicted molar refractivity (Wildman–Crippen MR) is 73.3 cm³/mol. The highest BCUT2D eigenvalue weighted by Gasteiger charge is 2.04. The minimum atomic E-state index is -0.542. The van der Waals surface area contributed by atoms with E-state index in [4.69, 9.17) is 5.11 Å². The summed E-state index contributed by atoms with van der Waals surface area (Å²) in [5.41, 5.74) is -0.285. The van der Waals surface area contributed by atoms with Gasteiger partial charge in [-0.1, -0.05) is 11.8 Å². The van der Waals surface area contributed by atoms with Crippen molar-refractivity contribution < 1.29 is 5.11 Å². The number of aliphatic hydroxyl groups excluding tert-OH is 1. The van der Waals surface area contributed by atoms with Crippen LogP contribution in [0.25, 0.3) is 0 Å². The third-order valence-corrected chi connectivity index (χ3v) is 3.45. The molecule has 0 spiro atoms. The Morgan fingerprint density at radius 2 is 2.11 bits per heavy atom. The summed E-state index contributed by atoms with van der Waals surface area (Å²) >= 11 is 1.46. The van der Waals surface area contributed by atoms with Crippen LogP contribution in [-0.2, 0) is 13.6 Å². The SMILES string of the molecule is Cn1ccn(Cc2cc(C#CCO)cs2)c(=O)c1=O. The number of nitrogens with zero attached hydrogens (tertiary/aromatic N) is 2. The smallest absolute Gasteiger partial charge is 0.316 e. The van der Waals surface area contributed by atoms with Crippen LogP contribution < -0.4 is 11.1 Å². The molecular formula is C13H12N2O3S. The Morgan fingerprint density at radius 3 is 2.84 bits per heavy atom. The summed E-state index contributed by atoms with van der Waals surface area (Å²) in [5.74, 6) is 5.35. The zero-order valence-corrected chi connectivity index (χ0v) is 11.1. The first kappa shape index (κ1) is 13.3. The molecule has 0 aliphatic carbocycles. The van der Waals surface area contributed by atoms with E-state index in [1.165, 1.54) is 20.5 Å². The van der Waals surface area contributed by atoms with E-state index in [1.807, 2.05) is 11.4 Å². The normalized spacial score (nSPS) is 10.0. The minimum absolute atomic E-state index is 0.181. The molecule has 2 rings (SSSR count). The number of hydrogen-bond acceptors (Lipinski definition) is 4. The van der Waals surface area contributed by atoms with Gasteiger partial charge in [0, 0.05) is 35.3 Å². The van der Waals surface area contributed by atoms with Crippen molar-refractivity contribution in [1.29, 1.82) is 0 Å². The third-order valence-electron chi connectivity index (χ3n) is 2.53. The van der Waals surface area contributed by atoms with E-state index in [2.05, 4.69) is 11.8 Å². The fraction of sp³-hybridized carbons (Fsp3) is 0.231. The Balaban J connectivity index is 2.27. The van der Waals surface area contributed by atoms with Gasteiger partial charge in [-0.3, -0.25) is 9.59 Å². The molecule has 6 heteroatoms.